The smallest absolute Gasteiger partial charge is 0.167 e. The van der Waals surface area contributed by atoms with E-state index in [1.165, 1.54) is 0 Å². The van der Waals surface area contributed by atoms with E-state index in [0.29, 0.717) is 12.5 Å². The van der Waals surface area contributed by atoms with Crippen LogP contribution in [0.5, 0.6) is 0 Å². The first kappa shape index (κ1) is 11.5. The summed E-state index contributed by atoms with van der Waals surface area (Å²) < 4.78 is 1.67. The van der Waals surface area contributed by atoms with Crippen LogP contribution in [0.15, 0.2) is 0 Å². The van der Waals surface area contributed by atoms with Crippen molar-refractivity contribution in [2.24, 2.45) is 13.0 Å². The Morgan fingerprint density at radius 1 is 1.56 bits per heavy atom. The van der Waals surface area contributed by atoms with Crippen LogP contribution in [-0.2, 0) is 7.05 Å². The van der Waals surface area contributed by atoms with E-state index in [9.17, 15) is 5.11 Å². The van der Waals surface area contributed by atoms with E-state index in [4.69, 9.17) is 0 Å². The monoisotopic (exact) mass is 225 g/mol. The minimum absolute atomic E-state index is 0.119. The summed E-state index contributed by atoms with van der Waals surface area (Å²) in [6.07, 6.45) is 2.11. The van der Waals surface area contributed by atoms with Gasteiger partial charge in [0.1, 0.15) is 0 Å². The van der Waals surface area contributed by atoms with Crippen molar-refractivity contribution in [3.05, 3.63) is 5.82 Å². The Kier molecular flexibility index (Phi) is 3.20. The highest BCUT2D eigenvalue weighted by molar-refractivity contribution is 4.91. The predicted octanol–water partition coefficient (Wildman–Crippen LogP) is -0.0262. The molecule has 0 aliphatic heterocycles. The Morgan fingerprint density at radius 3 is 2.75 bits per heavy atom. The number of nitrogens with zero attached hydrogens (tertiary/aromatic N) is 5. The molecular weight excluding hydrogens is 206 g/mol. The van der Waals surface area contributed by atoms with Gasteiger partial charge in [-0.3, -0.25) is 4.90 Å². The van der Waals surface area contributed by atoms with E-state index in [2.05, 4.69) is 20.4 Å². The molecule has 6 nitrogen and oxygen atoms in total. The number of hydrogen-bond donors (Lipinski definition) is 1. The van der Waals surface area contributed by atoms with Crippen molar-refractivity contribution in [2.75, 3.05) is 13.6 Å². The lowest BCUT2D eigenvalue weighted by molar-refractivity contribution is 0.0885. The second-order valence-electron chi connectivity index (χ2n) is 4.68. The Hall–Kier alpha value is -1.01. The normalized spacial score (nSPS) is 20.1. The topological polar surface area (TPSA) is 67.1 Å². The molecular formula is C10H19N5O. The number of aryl methyl sites for hydroxylation is 1. The second kappa shape index (κ2) is 4.47. The van der Waals surface area contributed by atoms with Crippen LogP contribution in [0, 0.1) is 5.92 Å². The van der Waals surface area contributed by atoms with E-state index in [0.717, 1.165) is 18.7 Å². The molecule has 0 amide bonds. The van der Waals surface area contributed by atoms with Crippen LogP contribution in [-0.4, -0.2) is 49.9 Å². The van der Waals surface area contributed by atoms with Gasteiger partial charge in [-0.1, -0.05) is 0 Å². The fourth-order valence-corrected chi connectivity index (χ4v) is 1.87. The van der Waals surface area contributed by atoms with Gasteiger partial charge in [-0.25, -0.2) is 4.68 Å². The van der Waals surface area contributed by atoms with Gasteiger partial charge in [0.2, 0.25) is 0 Å². The lowest BCUT2D eigenvalue weighted by Gasteiger charge is -2.25. The van der Waals surface area contributed by atoms with Crippen molar-refractivity contribution in [3.8, 4) is 0 Å². The fraction of sp³-hybridized carbons (Fsp3) is 0.900. The van der Waals surface area contributed by atoms with Gasteiger partial charge in [0.25, 0.3) is 0 Å². The van der Waals surface area contributed by atoms with Gasteiger partial charge in [-0.05, 0) is 43.2 Å². The van der Waals surface area contributed by atoms with E-state index in [1.54, 1.807) is 4.68 Å². The van der Waals surface area contributed by atoms with Crippen LogP contribution in [0.2, 0.25) is 0 Å². The average molecular weight is 225 g/mol. The molecule has 1 saturated carbocycles. The van der Waals surface area contributed by atoms with Crippen LogP contribution in [0.1, 0.15) is 31.6 Å². The minimum atomic E-state index is -0.214. The molecule has 2 rings (SSSR count). The number of aliphatic hydroxyl groups is 1. The van der Waals surface area contributed by atoms with Crippen LogP contribution in [0.4, 0.5) is 0 Å². The number of tetrazole rings is 1. The van der Waals surface area contributed by atoms with Gasteiger partial charge >= 0.3 is 0 Å². The fourth-order valence-electron chi connectivity index (χ4n) is 1.87. The van der Waals surface area contributed by atoms with Crippen molar-refractivity contribution in [1.82, 2.24) is 25.1 Å². The zero-order valence-electron chi connectivity index (χ0n) is 10.0. The standard InChI is InChI=1S/C10H19N5O/c1-7(10-11-12-13-15(10)3)14(2)6-9(16)8-4-5-8/h7-9,16H,4-6H2,1-3H3/t7-,9+/m1/s1. The summed E-state index contributed by atoms with van der Waals surface area (Å²) in [5, 5.41) is 21.3. The Morgan fingerprint density at radius 2 is 2.25 bits per heavy atom. The molecule has 0 aromatic carbocycles. The second-order valence-corrected chi connectivity index (χ2v) is 4.68. The van der Waals surface area contributed by atoms with Gasteiger partial charge in [-0.2, -0.15) is 0 Å². The van der Waals surface area contributed by atoms with Crippen molar-refractivity contribution in [3.63, 3.8) is 0 Å². The first-order chi connectivity index (χ1) is 7.59. The summed E-state index contributed by atoms with van der Waals surface area (Å²) >= 11 is 0. The Balaban J connectivity index is 1.93. The number of aliphatic hydroxyl groups excluding tert-OH is 1. The van der Waals surface area contributed by atoms with Crippen LogP contribution < -0.4 is 0 Å². The molecule has 0 spiro atoms. The highest BCUT2D eigenvalue weighted by atomic mass is 16.3. The number of rotatable bonds is 5. The molecule has 90 valence electrons. The lowest BCUT2D eigenvalue weighted by atomic mass is 10.2. The van der Waals surface area contributed by atoms with E-state index < -0.39 is 0 Å². The summed E-state index contributed by atoms with van der Waals surface area (Å²) in [6, 6.07) is 0.119. The first-order valence-electron chi connectivity index (χ1n) is 5.70. The quantitative estimate of drug-likeness (QED) is 0.762. The summed E-state index contributed by atoms with van der Waals surface area (Å²) in [4.78, 5) is 2.09. The van der Waals surface area contributed by atoms with Gasteiger partial charge < -0.3 is 5.11 Å². The molecule has 1 aromatic heterocycles. The van der Waals surface area contributed by atoms with Crippen LogP contribution in [0.25, 0.3) is 0 Å². The summed E-state index contributed by atoms with van der Waals surface area (Å²) in [5.74, 6) is 1.33. The average Bonchev–Trinajstić information content (AvgIpc) is 3.01. The van der Waals surface area contributed by atoms with Gasteiger partial charge in [0.05, 0.1) is 12.1 Å². The Bertz CT molecular complexity index is 349. The van der Waals surface area contributed by atoms with Gasteiger partial charge in [0.15, 0.2) is 5.82 Å². The molecule has 0 saturated heterocycles. The molecule has 1 aromatic rings. The molecule has 1 aliphatic carbocycles. The third-order valence-electron chi connectivity index (χ3n) is 3.33. The SMILES string of the molecule is C[C@H](c1nnnn1C)N(C)C[C@H](O)C1CC1. The van der Waals surface area contributed by atoms with Gasteiger partial charge in [0, 0.05) is 13.6 Å². The summed E-state index contributed by atoms with van der Waals surface area (Å²) in [5.41, 5.74) is 0. The largest absolute Gasteiger partial charge is 0.392 e. The molecule has 1 heterocycles. The van der Waals surface area contributed by atoms with Crippen molar-refractivity contribution < 1.29 is 5.11 Å². The summed E-state index contributed by atoms with van der Waals surface area (Å²) in [6.45, 7) is 2.73. The zero-order valence-corrected chi connectivity index (χ0v) is 10.0. The van der Waals surface area contributed by atoms with E-state index in [-0.39, 0.29) is 12.1 Å². The third kappa shape index (κ3) is 2.38. The number of likely N-dealkylation sites (N-methyl/N-ethyl adjacent to an activating group) is 1. The molecule has 1 N–H and O–H groups in total. The summed E-state index contributed by atoms with van der Waals surface area (Å²) in [7, 11) is 3.82. The molecule has 0 bridgehead atoms. The molecule has 1 fully saturated rings. The first-order valence-corrected chi connectivity index (χ1v) is 5.70. The molecule has 6 heteroatoms. The maximum Gasteiger partial charge on any atom is 0.167 e. The predicted molar refractivity (Wildman–Crippen MR) is 58.6 cm³/mol. The van der Waals surface area contributed by atoms with E-state index in [1.807, 2.05) is 21.0 Å². The Labute approximate surface area is 95.2 Å². The zero-order chi connectivity index (χ0) is 11.7. The van der Waals surface area contributed by atoms with Crippen molar-refractivity contribution in [2.45, 2.75) is 31.9 Å². The highest BCUT2D eigenvalue weighted by Crippen LogP contribution is 2.33. The molecule has 1 aliphatic rings. The van der Waals surface area contributed by atoms with E-state index >= 15 is 0 Å². The highest BCUT2D eigenvalue weighted by Gasteiger charge is 2.31. The lowest BCUT2D eigenvalue weighted by Crippen LogP contribution is -2.33. The molecule has 0 radical (unpaired) electrons. The number of hydrogen-bond acceptors (Lipinski definition) is 5. The van der Waals surface area contributed by atoms with Crippen molar-refractivity contribution in [1.29, 1.82) is 0 Å². The maximum atomic E-state index is 9.87. The van der Waals surface area contributed by atoms with Crippen LogP contribution >= 0.6 is 0 Å². The van der Waals surface area contributed by atoms with Crippen LogP contribution in [0.3, 0.4) is 0 Å². The maximum absolute atomic E-state index is 9.87. The molecule has 16 heavy (non-hydrogen) atoms. The third-order valence-corrected chi connectivity index (χ3v) is 3.33. The molecule has 2 atom stereocenters. The minimum Gasteiger partial charge on any atom is -0.392 e. The van der Waals surface area contributed by atoms with Crippen molar-refractivity contribution >= 4 is 0 Å². The number of aromatic nitrogens is 4. The molecule has 0 unspecified atom stereocenters. The van der Waals surface area contributed by atoms with Gasteiger partial charge in [-0.15, -0.1) is 5.10 Å².